The molecule has 0 bridgehead atoms. The molecule has 164 valence electrons. The summed E-state index contributed by atoms with van der Waals surface area (Å²) in [7, 11) is 0. The number of hydrogen-bond acceptors (Lipinski definition) is 9. The van der Waals surface area contributed by atoms with Crippen LogP contribution in [0, 0.1) is 20.8 Å². The number of benzene rings is 1. The maximum absolute atomic E-state index is 5.50. The second-order valence-electron chi connectivity index (χ2n) is 7.67. The molecule has 0 atom stereocenters. The molecular weight excluding hydrogens is 424 g/mol. The number of anilines is 2. The fraction of sp³-hybridized carbons (Fsp3) is 0.318. The highest BCUT2D eigenvalue weighted by Crippen LogP contribution is 2.29. The van der Waals surface area contributed by atoms with Gasteiger partial charge >= 0.3 is 0 Å². The van der Waals surface area contributed by atoms with Gasteiger partial charge in [-0.15, -0.1) is 11.3 Å². The smallest absolute Gasteiger partial charge is 0.229 e. The first-order chi connectivity index (χ1) is 15.6. The quantitative estimate of drug-likeness (QED) is 0.369. The predicted octanol–water partition coefficient (Wildman–Crippen LogP) is 3.48. The first-order valence-electron chi connectivity index (χ1n) is 10.5. The molecule has 0 aliphatic carbocycles. The van der Waals surface area contributed by atoms with Gasteiger partial charge in [-0.3, -0.25) is 9.99 Å². The largest absolute Gasteiger partial charge is 0.378 e. The van der Waals surface area contributed by atoms with E-state index in [-0.39, 0.29) is 0 Å². The van der Waals surface area contributed by atoms with E-state index < -0.39 is 0 Å². The Morgan fingerprint density at radius 1 is 1.12 bits per heavy atom. The number of imidazole rings is 1. The summed E-state index contributed by atoms with van der Waals surface area (Å²) in [5.74, 6) is 1.20. The minimum absolute atomic E-state index is 0.568. The van der Waals surface area contributed by atoms with Crippen molar-refractivity contribution < 1.29 is 4.74 Å². The molecular formula is C22H24N8OS. The lowest BCUT2D eigenvalue weighted by molar-refractivity contribution is 0.122. The van der Waals surface area contributed by atoms with Crippen molar-refractivity contribution in [2.24, 2.45) is 5.10 Å². The van der Waals surface area contributed by atoms with E-state index in [9.17, 15) is 0 Å². The zero-order valence-electron chi connectivity index (χ0n) is 18.2. The van der Waals surface area contributed by atoms with Crippen molar-refractivity contribution in [3.63, 3.8) is 0 Å². The van der Waals surface area contributed by atoms with Crippen molar-refractivity contribution in [2.45, 2.75) is 20.8 Å². The van der Waals surface area contributed by atoms with Crippen LogP contribution in [0.25, 0.3) is 16.2 Å². The van der Waals surface area contributed by atoms with E-state index in [4.69, 9.17) is 14.7 Å². The average molecular weight is 449 g/mol. The summed E-state index contributed by atoms with van der Waals surface area (Å²) in [6.45, 7) is 8.85. The molecule has 9 nitrogen and oxygen atoms in total. The van der Waals surface area contributed by atoms with Crippen molar-refractivity contribution in [2.75, 3.05) is 36.6 Å². The van der Waals surface area contributed by atoms with Gasteiger partial charge in [0.2, 0.25) is 5.95 Å². The van der Waals surface area contributed by atoms with Crippen LogP contribution in [0.5, 0.6) is 0 Å². The van der Waals surface area contributed by atoms with E-state index in [1.54, 1.807) is 23.9 Å². The second-order valence-corrected chi connectivity index (χ2v) is 8.85. The van der Waals surface area contributed by atoms with Crippen LogP contribution < -0.4 is 10.3 Å². The third-order valence-electron chi connectivity index (χ3n) is 5.20. The highest BCUT2D eigenvalue weighted by atomic mass is 32.1. The molecule has 5 rings (SSSR count). The molecule has 1 aromatic carbocycles. The summed E-state index contributed by atoms with van der Waals surface area (Å²) in [5, 5.41) is 6.43. The summed E-state index contributed by atoms with van der Waals surface area (Å²) < 4.78 is 7.48. The molecule has 32 heavy (non-hydrogen) atoms. The number of thiazole rings is 1. The highest BCUT2D eigenvalue weighted by molar-refractivity contribution is 7.14. The van der Waals surface area contributed by atoms with Gasteiger partial charge in [-0.2, -0.15) is 15.1 Å². The second kappa shape index (κ2) is 8.64. The van der Waals surface area contributed by atoms with E-state index in [0.717, 1.165) is 40.0 Å². The van der Waals surface area contributed by atoms with E-state index >= 15 is 0 Å². The number of aryl methyl sites for hydroxylation is 3. The number of hydrogen-bond donors (Lipinski definition) is 1. The van der Waals surface area contributed by atoms with Crippen LogP contribution in [0.1, 0.15) is 21.8 Å². The van der Waals surface area contributed by atoms with Gasteiger partial charge < -0.3 is 9.64 Å². The van der Waals surface area contributed by atoms with E-state index in [1.165, 1.54) is 5.56 Å². The molecule has 1 N–H and O–H groups in total. The van der Waals surface area contributed by atoms with Crippen LogP contribution in [-0.4, -0.2) is 57.0 Å². The average Bonchev–Trinajstić information content (AvgIpc) is 3.36. The van der Waals surface area contributed by atoms with E-state index in [0.29, 0.717) is 30.5 Å². The molecule has 0 spiro atoms. The minimum atomic E-state index is 0.568. The lowest BCUT2D eigenvalue weighted by Gasteiger charge is -2.27. The lowest BCUT2D eigenvalue weighted by atomic mass is 10.2. The third kappa shape index (κ3) is 4.06. The van der Waals surface area contributed by atoms with Gasteiger partial charge in [0.15, 0.2) is 17.0 Å². The Morgan fingerprint density at radius 2 is 1.97 bits per heavy atom. The van der Waals surface area contributed by atoms with Gasteiger partial charge in [-0.1, -0.05) is 29.8 Å². The van der Waals surface area contributed by atoms with Crippen LogP contribution >= 0.6 is 11.3 Å². The Bertz CT molecular complexity index is 1290. The third-order valence-corrected chi connectivity index (χ3v) is 6.27. The molecule has 0 unspecified atom stereocenters. The Morgan fingerprint density at radius 3 is 2.72 bits per heavy atom. The molecule has 4 aromatic rings. The number of rotatable bonds is 5. The number of morpholine rings is 1. The fourth-order valence-corrected chi connectivity index (χ4v) is 4.57. The Balaban J connectivity index is 1.56. The molecule has 3 aromatic heterocycles. The Labute approximate surface area is 189 Å². The normalized spacial score (nSPS) is 14.5. The zero-order chi connectivity index (χ0) is 22.1. The van der Waals surface area contributed by atoms with Crippen molar-refractivity contribution in [3.8, 4) is 5.00 Å². The molecule has 1 saturated heterocycles. The number of fused-ring (bicyclic) bond motifs is 1. The van der Waals surface area contributed by atoms with Gasteiger partial charge in [0.1, 0.15) is 11.3 Å². The van der Waals surface area contributed by atoms with E-state index in [1.807, 2.05) is 30.5 Å². The van der Waals surface area contributed by atoms with Crippen molar-refractivity contribution in [3.05, 3.63) is 52.4 Å². The topological polar surface area (TPSA) is 93.4 Å². The van der Waals surface area contributed by atoms with Gasteiger partial charge in [-0.05, 0) is 26.3 Å². The molecule has 0 radical (unpaired) electrons. The molecule has 0 saturated carbocycles. The predicted molar refractivity (Wildman–Crippen MR) is 127 cm³/mol. The number of nitrogens with one attached hydrogen (secondary N) is 1. The Kier molecular flexibility index (Phi) is 5.54. The minimum Gasteiger partial charge on any atom is -0.378 e. The fourth-order valence-electron chi connectivity index (χ4n) is 3.68. The van der Waals surface area contributed by atoms with Gasteiger partial charge in [0, 0.05) is 13.1 Å². The number of nitrogens with zero attached hydrogens (tertiary/aromatic N) is 7. The van der Waals surface area contributed by atoms with Gasteiger partial charge in [0.05, 0.1) is 30.1 Å². The summed E-state index contributed by atoms with van der Waals surface area (Å²) in [4.78, 5) is 20.9. The highest BCUT2D eigenvalue weighted by Gasteiger charge is 2.21. The van der Waals surface area contributed by atoms with Crippen LogP contribution in [0.3, 0.4) is 0 Å². The Hall–Kier alpha value is -3.37. The van der Waals surface area contributed by atoms with Crippen LogP contribution in [0.4, 0.5) is 11.8 Å². The summed E-state index contributed by atoms with van der Waals surface area (Å²) in [6.07, 6.45) is 3.56. The zero-order valence-corrected chi connectivity index (χ0v) is 19.1. The molecule has 1 aliphatic rings. The first kappa shape index (κ1) is 20.5. The standard InChI is InChI=1S/C22H24N8OS/c1-14-5-4-6-17(11-14)12-24-28-19-18-20(27-22(26-19)29-7-9-31-10-8-29)30(13-23-18)21-15(2)25-16(3)32-21/h4-6,11-13H,7-10H2,1-3H3,(H,26,27,28). The van der Waals surface area contributed by atoms with Gasteiger partial charge in [-0.25, -0.2) is 9.97 Å². The summed E-state index contributed by atoms with van der Waals surface area (Å²) >= 11 is 1.62. The monoisotopic (exact) mass is 448 g/mol. The van der Waals surface area contributed by atoms with Crippen LogP contribution in [0.15, 0.2) is 35.7 Å². The SMILES string of the molecule is Cc1cccc(C=NNc2nc(N3CCOCC3)nc3c2ncn3-c2sc(C)nc2C)c1. The summed E-state index contributed by atoms with van der Waals surface area (Å²) in [6, 6.07) is 8.15. The van der Waals surface area contributed by atoms with Crippen LogP contribution in [-0.2, 0) is 4.74 Å². The van der Waals surface area contributed by atoms with E-state index in [2.05, 4.69) is 44.5 Å². The molecule has 4 heterocycles. The van der Waals surface area contributed by atoms with Crippen molar-refractivity contribution in [1.29, 1.82) is 0 Å². The van der Waals surface area contributed by atoms with Crippen molar-refractivity contribution in [1.82, 2.24) is 24.5 Å². The number of hydrazone groups is 1. The molecule has 0 amide bonds. The van der Waals surface area contributed by atoms with Gasteiger partial charge in [0.25, 0.3) is 0 Å². The molecule has 1 aliphatic heterocycles. The summed E-state index contributed by atoms with van der Waals surface area (Å²) in [5.41, 5.74) is 7.62. The van der Waals surface area contributed by atoms with Crippen LogP contribution in [0.2, 0.25) is 0 Å². The number of aromatic nitrogens is 5. The van der Waals surface area contributed by atoms with Crippen molar-refractivity contribution >= 4 is 40.5 Å². The lowest BCUT2D eigenvalue weighted by Crippen LogP contribution is -2.37. The maximum atomic E-state index is 5.50. The molecule has 1 fully saturated rings. The number of ether oxygens (including phenoxy) is 1. The maximum Gasteiger partial charge on any atom is 0.229 e. The molecule has 10 heteroatoms. The first-order valence-corrected chi connectivity index (χ1v) is 11.3.